The minimum atomic E-state index is -4.44. The first-order chi connectivity index (χ1) is 9.77. The molecule has 1 heterocycles. The monoisotopic (exact) mass is 331 g/mol. The molecule has 0 unspecified atom stereocenters. The van der Waals surface area contributed by atoms with Crippen molar-refractivity contribution >= 4 is 40.3 Å². The molecule has 0 spiro atoms. The number of nitrogens with two attached hydrogens (primary N) is 1. The highest BCUT2D eigenvalue weighted by molar-refractivity contribution is 7.80. The molecule has 1 aromatic heterocycles. The number of pyridine rings is 1. The van der Waals surface area contributed by atoms with Crippen molar-refractivity contribution in [3.63, 3.8) is 0 Å². The van der Waals surface area contributed by atoms with Crippen LogP contribution in [0.5, 0.6) is 0 Å². The van der Waals surface area contributed by atoms with Crippen LogP contribution in [-0.4, -0.2) is 9.97 Å². The van der Waals surface area contributed by atoms with Crippen molar-refractivity contribution in [2.45, 2.75) is 6.18 Å². The lowest BCUT2D eigenvalue weighted by Gasteiger charge is -2.11. The molecular weight excluding hydrogens is 323 g/mol. The molecule has 0 saturated carbocycles. The van der Waals surface area contributed by atoms with Crippen LogP contribution in [0.3, 0.4) is 0 Å². The summed E-state index contributed by atoms with van der Waals surface area (Å²) >= 11 is 10.7. The number of nitrogens with one attached hydrogen (secondary N) is 1. The van der Waals surface area contributed by atoms with Crippen molar-refractivity contribution < 1.29 is 13.2 Å². The second kappa shape index (κ2) is 5.87. The fourth-order valence-electron chi connectivity index (χ4n) is 1.57. The Morgan fingerprint density at radius 1 is 1.24 bits per heavy atom. The molecule has 0 amide bonds. The highest BCUT2D eigenvalue weighted by Gasteiger charge is 2.30. The lowest BCUT2D eigenvalue weighted by atomic mass is 10.2. The van der Waals surface area contributed by atoms with E-state index >= 15 is 0 Å². The molecule has 110 valence electrons. The lowest BCUT2D eigenvalue weighted by molar-refractivity contribution is -0.137. The van der Waals surface area contributed by atoms with Gasteiger partial charge < -0.3 is 11.1 Å². The Hall–Kier alpha value is -1.86. The van der Waals surface area contributed by atoms with E-state index < -0.39 is 11.7 Å². The lowest BCUT2D eigenvalue weighted by Crippen LogP contribution is -2.12. The number of hydrogen-bond donors (Lipinski definition) is 2. The Morgan fingerprint density at radius 3 is 2.52 bits per heavy atom. The normalized spacial score (nSPS) is 11.2. The highest BCUT2D eigenvalue weighted by Crippen LogP contribution is 2.34. The average molecular weight is 332 g/mol. The van der Waals surface area contributed by atoms with E-state index in [9.17, 15) is 13.2 Å². The molecule has 0 saturated heterocycles. The largest absolute Gasteiger partial charge is 0.416 e. The van der Waals surface area contributed by atoms with Crippen molar-refractivity contribution in [3.8, 4) is 0 Å². The number of alkyl halides is 3. The molecule has 2 rings (SSSR count). The van der Waals surface area contributed by atoms with Gasteiger partial charge in [0, 0.05) is 0 Å². The standard InChI is InChI=1S/C13H9ClF3N3S/c14-8-6-7(13(15,16)17)4-5-9(8)19-11-3-1-2-10(20-11)12(18)21/h1-6H,(H2,18,21)(H,19,20). The minimum Gasteiger partial charge on any atom is -0.388 e. The number of halogens is 4. The van der Waals surface area contributed by atoms with Gasteiger partial charge in [-0.1, -0.05) is 29.9 Å². The van der Waals surface area contributed by atoms with Crippen molar-refractivity contribution in [1.29, 1.82) is 0 Å². The summed E-state index contributed by atoms with van der Waals surface area (Å²) in [5.41, 5.74) is 5.35. The zero-order valence-electron chi connectivity index (χ0n) is 10.4. The summed E-state index contributed by atoms with van der Waals surface area (Å²) in [7, 11) is 0. The third-order valence-electron chi connectivity index (χ3n) is 2.56. The molecular formula is C13H9ClF3N3S. The van der Waals surface area contributed by atoms with Crippen LogP contribution in [-0.2, 0) is 6.18 Å². The maximum Gasteiger partial charge on any atom is 0.416 e. The Kier molecular flexibility index (Phi) is 4.34. The van der Waals surface area contributed by atoms with Gasteiger partial charge >= 0.3 is 6.18 Å². The Bertz CT molecular complexity index is 689. The summed E-state index contributed by atoms with van der Waals surface area (Å²) in [6.07, 6.45) is -4.44. The topological polar surface area (TPSA) is 50.9 Å². The molecule has 0 aliphatic carbocycles. The van der Waals surface area contributed by atoms with Crippen LogP contribution >= 0.6 is 23.8 Å². The van der Waals surface area contributed by atoms with E-state index in [0.29, 0.717) is 17.2 Å². The van der Waals surface area contributed by atoms with E-state index in [1.165, 1.54) is 6.07 Å². The third-order valence-corrected chi connectivity index (χ3v) is 3.08. The predicted molar refractivity (Wildman–Crippen MR) is 79.9 cm³/mol. The van der Waals surface area contributed by atoms with E-state index in [4.69, 9.17) is 29.6 Å². The van der Waals surface area contributed by atoms with Gasteiger partial charge in [0.15, 0.2) is 0 Å². The first-order valence-corrected chi connectivity index (χ1v) is 6.46. The summed E-state index contributed by atoms with van der Waals surface area (Å²) in [6, 6.07) is 7.94. The Morgan fingerprint density at radius 2 is 1.95 bits per heavy atom. The maximum atomic E-state index is 12.5. The molecule has 0 bridgehead atoms. The van der Waals surface area contributed by atoms with E-state index in [1.54, 1.807) is 18.2 Å². The predicted octanol–water partition coefficient (Wildman–Crippen LogP) is 4.13. The summed E-state index contributed by atoms with van der Waals surface area (Å²) in [6.45, 7) is 0. The zero-order chi connectivity index (χ0) is 15.6. The van der Waals surface area contributed by atoms with Gasteiger partial charge in [-0.15, -0.1) is 0 Å². The van der Waals surface area contributed by atoms with Crippen molar-refractivity contribution in [2.24, 2.45) is 5.73 Å². The molecule has 1 aromatic carbocycles. The van der Waals surface area contributed by atoms with Gasteiger partial charge in [-0.3, -0.25) is 0 Å². The fraction of sp³-hybridized carbons (Fsp3) is 0.0769. The van der Waals surface area contributed by atoms with Crippen LogP contribution in [0.2, 0.25) is 5.02 Å². The van der Waals surface area contributed by atoms with Crippen LogP contribution in [0.1, 0.15) is 11.3 Å². The molecule has 0 atom stereocenters. The van der Waals surface area contributed by atoms with E-state index in [2.05, 4.69) is 10.3 Å². The van der Waals surface area contributed by atoms with Gasteiger partial charge in [0.2, 0.25) is 0 Å². The average Bonchev–Trinajstić information content (AvgIpc) is 2.40. The molecule has 3 nitrogen and oxygen atoms in total. The Labute approximate surface area is 128 Å². The summed E-state index contributed by atoms with van der Waals surface area (Å²) < 4.78 is 37.6. The molecule has 0 aliphatic heterocycles. The summed E-state index contributed by atoms with van der Waals surface area (Å²) in [5.74, 6) is 0.377. The number of aromatic nitrogens is 1. The SMILES string of the molecule is NC(=S)c1cccc(Nc2ccc(C(F)(F)F)cc2Cl)n1. The Balaban J connectivity index is 2.28. The van der Waals surface area contributed by atoms with Crippen LogP contribution in [0.4, 0.5) is 24.7 Å². The fourth-order valence-corrected chi connectivity index (χ4v) is 1.91. The number of benzene rings is 1. The number of thiocarbonyl (C=S) groups is 1. The minimum absolute atomic E-state index is 0.0626. The molecule has 21 heavy (non-hydrogen) atoms. The second-order valence-corrected chi connectivity index (χ2v) is 4.94. The van der Waals surface area contributed by atoms with E-state index in [-0.39, 0.29) is 10.0 Å². The van der Waals surface area contributed by atoms with Gasteiger partial charge in [-0.2, -0.15) is 13.2 Å². The molecule has 0 radical (unpaired) electrons. The van der Waals surface area contributed by atoms with Crippen molar-refractivity contribution in [3.05, 3.63) is 52.7 Å². The molecule has 0 fully saturated rings. The number of anilines is 2. The van der Waals surface area contributed by atoms with Gasteiger partial charge in [0.05, 0.1) is 22.0 Å². The van der Waals surface area contributed by atoms with Gasteiger partial charge in [0.1, 0.15) is 10.8 Å². The maximum absolute atomic E-state index is 12.5. The molecule has 3 N–H and O–H groups in total. The van der Waals surface area contributed by atoms with Crippen LogP contribution in [0, 0.1) is 0 Å². The number of rotatable bonds is 3. The zero-order valence-corrected chi connectivity index (χ0v) is 12.0. The number of nitrogens with zero attached hydrogens (tertiary/aromatic N) is 1. The molecule has 0 aliphatic rings. The summed E-state index contributed by atoms with van der Waals surface area (Å²) in [5, 5.41) is 2.76. The van der Waals surface area contributed by atoms with E-state index in [1.807, 2.05) is 0 Å². The number of hydrogen-bond acceptors (Lipinski definition) is 3. The third kappa shape index (κ3) is 3.83. The van der Waals surface area contributed by atoms with Crippen LogP contribution in [0.25, 0.3) is 0 Å². The van der Waals surface area contributed by atoms with Crippen LogP contribution in [0.15, 0.2) is 36.4 Å². The second-order valence-electron chi connectivity index (χ2n) is 4.09. The van der Waals surface area contributed by atoms with Gasteiger partial charge in [-0.25, -0.2) is 4.98 Å². The van der Waals surface area contributed by atoms with Crippen molar-refractivity contribution in [1.82, 2.24) is 4.98 Å². The first kappa shape index (κ1) is 15.5. The highest BCUT2D eigenvalue weighted by atomic mass is 35.5. The van der Waals surface area contributed by atoms with Gasteiger partial charge in [-0.05, 0) is 30.3 Å². The van der Waals surface area contributed by atoms with E-state index in [0.717, 1.165) is 12.1 Å². The quantitative estimate of drug-likeness (QED) is 0.830. The smallest absolute Gasteiger partial charge is 0.388 e. The van der Waals surface area contributed by atoms with Crippen molar-refractivity contribution in [2.75, 3.05) is 5.32 Å². The first-order valence-electron chi connectivity index (χ1n) is 5.68. The van der Waals surface area contributed by atoms with Gasteiger partial charge in [0.25, 0.3) is 0 Å². The van der Waals surface area contributed by atoms with Crippen LogP contribution < -0.4 is 11.1 Å². The summed E-state index contributed by atoms with van der Waals surface area (Å²) in [4.78, 5) is 4.24. The molecule has 8 heteroatoms. The molecule has 2 aromatic rings.